The first-order chi connectivity index (χ1) is 15.9. The van der Waals surface area contributed by atoms with Gasteiger partial charge in [-0.2, -0.15) is 11.8 Å². The first kappa shape index (κ1) is 24.6. The van der Waals surface area contributed by atoms with Gasteiger partial charge in [-0.25, -0.2) is 4.79 Å². The van der Waals surface area contributed by atoms with Gasteiger partial charge in [-0.15, -0.1) is 0 Å². The summed E-state index contributed by atoms with van der Waals surface area (Å²) in [5.74, 6) is 0.482. The highest BCUT2D eigenvalue weighted by Gasteiger charge is 2.29. The first-order valence-corrected chi connectivity index (χ1v) is 12.2. The van der Waals surface area contributed by atoms with Crippen LogP contribution in [0.5, 0.6) is 11.5 Å². The SMILES string of the molecule is COc1cc(CSC)cc(OC)c1-c1ccc(C[C@H](NC(=O)C(=N)C2CCC2)C(=O)O)cc1. The molecule has 0 heterocycles. The molecule has 176 valence electrons. The van der Waals surface area contributed by atoms with Gasteiger partial charge in [-0.05, 0) is 47.9 Å². The molecule has 2 aromatic rings. The molecule has 0 unspecified atom stereocenters. The number of aliphatic carboxylic acids is 1. The minimum atomic E-state index is -1.12. The molecular weight excluding hydrogens is 440 g/mol. The molecule has 0 spiro atoms. The number of amides is 1. The molecule has 3 rings (SSSR count). The Hall–Kier alpha value is -3.00. The summed E-state index contributed by atoms with van der Waals surface area (Å²) >= 11 is 1.71. The Balaban J connectivity index is 1.78. The van der Waals surface area contributed by atoms with Crippen molar-refractivity contribution in [1.82, 2.24) is 5.32 Å². The summed E-state index contributed by atoms with van der Waals surface area (Å²) in [6.45, 7) is 0. The Morgan fingerprint density at radius 3 is 2.18 bits per heavy atom. The Morgan fingerprint density at radius 2 is 1.73 bits per heavy atom. The third-order valence-electron chi connectivity index (χ3n) is 5.92. The zero-order valence-corrected chi connectivity index (χ0v) is 20.0. The molecule has 2 aromatic carbocycles. The number of hydrogen-bond acceptors (Lipinski definition) is 6. The van der Waals surface area contributed by atoms with Gasteiger partial charge >= 0.3 is 5.97 Å². The average molecular weight is 471 g/mol. The van der Waals surface area contributed by atoms with E-state index in [1.807, 2.05) is 42.7 Å². The fourth-order valence-corrected chi connectivity index (χ4v) is 4.36. The number of rotatable bonds is 11. The Morgan fingerprint density at radius 1 is 1.12 bits per heavy atom. The molecule has 0 bridgehead atoms. The summed E-state index contributed by atoms with van der Waals surface area (Å²) in [6.07, 6.45) is 4.80. The standard InChI is InChI=1S/C25H30N2O5S/c1-31-20-12-16(14-33-3)13-21(32-2)22(20)17-9-7-15(8-10-17)11-19(25(29)30)27-24(28)23(26)18-5-4-6-18/h7-10,12-13,18-19,26H,4-6,11,14H2,1-3H3,(H,27,28)(H,29,30)/t19-/m0/s1. The number of carbonyl (C=O) groups excluding carboxylic acids is 1. The van der Waals surface area contributed by atoms with Crippen LogP contribution in [0.1, 0.15) is 30.4 Å². The van der Waals surface area contributed by atoms with E-state index >= 15 is 0 Å². The van der Waals surface area contributed by atoms with Crippen LogP contribution < -0.4 is 14.8 Å². The number of thioether (sulfide) groups is 1. The van der Waals surface area contributed by atoms with Crippen molar-refractivity contribution in [2.45, 2.75) is 37.5 Å². The predicted octanol–water partition coefficient (Wildman–Crippen LogP) is 4.17. The van der Waals surface area contributed by atoms with Crippen molar-refractivity contribution >= 4 is 29.4 Å². The number of hydrogen-bond donors (Lipinski definition) is 3. The average Bonchev–Trinajstić information content (AvgIpc) is 2.77. The highest BCUT2D eigenvalue weighted by Crippen LogP contribution is 2.40. The molecule has 7 nitrogen and oxygen atoms in total. The van der Waals surface area contributed by atoms with Crippen LogP contribution in [0.4, 0.5) is 0 Å². The lowest BCUT2D eigenvalue weighted by Crippen LogP contribution is -2.47. The van der Waals surface area contributed by atoms with Crippen molar-refractivity contribution in [3.05, 3.63) is 47.5 Å². The van der Waals surface area contributed by atoms with Crippen LogP contribution in [-0.4, -0.2) is 49.2 Å². The van der Waals surface area contributed by atoms with E-state index < -0.39 is 17.9 Å². The van der Waals surface area contributed by atoms with E-state index in [1.165, 1.54) is 0 Å². The van der Waals surface area contributed by atoms with Gasteiger partial charge in [0, 0.05) is 18.1 Å². The molecule has 0 aliphatic heterocycles. The molecule has 8 heteroatoms. The Bertz CT molecular complexity index is 993. The largest absolute Gasteiger partial charge is 0.496 e. The number of carboxylic acid groups (broad SMARTS) is 1. The fourth-order valence-electron chi connectivity index (χ4n) is 3.86. The summed E-state index contributed by atoms with van der Waals surface area (Å²) in [5, 5.41) is 20.1. The van der Waals surface area contributed by atoms with E-state index in [4.69, 9.17) is 14.9 Å². The number of methoxy groups -OCH3 is 2. The van der Waals surface area contributed by atoms with E-state index in [0.29, 0.717) is 11.5 Å². The number of carbonyl (C=O) groups is 2. The summed E-state index contributed by atoms with van der Waals surface area (Å²) < 4.78 is 11.2. The van der Waals surface area contributed by atoms with E-state index in [1.54, 1.807) is 26.0 Å². The van der Waals surface area contributed by atoms with Gasteiger partial charge in [0.2, 0.25) is 0 Å². The second kappa shape index (κ2) is 11.2. The number of benzene rings is 2. The topological polar surface area (TPSA) is 109 Å². The van der Waals surface area contributed by atoms with Gasteiger partial charge in [0.15, 0.2) is 0 Å². The van der Waals surface area contributed by atoms with Crippen LogP contribution in [0.3, 0.4) is 0 Å². The molecule has 1 fully saturated rings. The summed E-state index contributed by atoms with van der Waals surface area (Å²) in [5.41, 5.74) is 3.55. The highest BCUT2D eigenvalue weighted by atomic mass is 32.2. The van der Waals surface area contributed by atoms with Crippen molar-refractivity contribution in [1.29, 1.82) is 5.41 Å². The van der Waals surface area contributed by atoms with E-state index in [0.717, 1.165) is 47.3 Å². The number of ether oxygens (including phenoxy) is 2. The number of carboxylic acids is 1. The second-order valence-corrected chi connectivity index (χ2v) is 8.98. The van der Waals surface area contributed by atoms with E-state index in [2.05, 4.69) is 5.32 Å². The maximum atomic E-state index is 12.3. The minimum absolute atomic E-state index is 0.0213. The van der Waals surface area contributed by atoms with Crippen molar-refractivity contribution in [2.24, 2.45) is 5.92 Å². The Kier molecular flexibility index (Phi) is 8.38. The third kappa shape index (κ3) is 5.87. The van der Waals surface area contributed by atoms with E-state index in [-0.39, 0.29) is 18.1 Å². The molecule has 33 heavy (non-hydrogen) atoms. The van der Waals surface area contributed by atoms with E-state index in [9.17, 15) is 14.7 Å². The first-order valence-electron chi connectivity index (χ1n) is 10.8. The molecule has 0 radical (unpaired) electrons. The van der Waals surface area contributed by atoms with Crippen LogP contribution in [0.25, 0.3) is 11.1 Å². The normalized spacial score (nSPS) is 14.2. The fraction of sp³-hybridized carbons (Fsp3) is 0.400. The van der Waals surface area contributed by atoms with Crippen molar-refractivity contribution < 1.29 is 24.2 Å². The third-order valence-corrected chi connectivity index (χ3v) is 6.54. The minimum Gasteiger partial charge on any atom is -0.496 e. The molecule has 3 N–H and O–H groups in total. The molecule has 1 atom stereocenters. The molecule has 0 aromatic heterocycles. The van der Waals surface area contributed by atoms with Crippen LogP contribution in [0.15, 0.2) is 36.4 Å². The van der Waals surface area contributed by atoms with Crippen LogP contribution >= 0.6 is 11.8 Å². The lowest BCUT2D eigenvalue weighted by Gasteiger charge is -2.26. The zero-order chi connectivity index (χ0) is 24.0. The van der Waals surface area contributed by atoms with Gasteiger partial charge in [-0.3, -0.25) is 10.2 Å². The smallest absolute Gasteiger partial charge is 0.326 e. The number of nitrogens with one attached hydrogen (secondary N) is 2. The van der Waals surface area contributed by atoms with Gasteiger partial charge in [0.1, 0.15) is 17.5 Å². The van der Waals surface area contributed by atoms with Crippen LogP contribution in [-0.2, 0) is 21.8 Å². The molecular formula is C25H30N2O5S. The van der Waals surface area contributed by atoms with Crippen molar-refractivity contribution in [3.63, 3.8) is 0 Å². The summed E-state index contributed by atoms with van der Waals surface area (Å²) in [7, 11) is 3.24. The summed E-state index contributed by atoms with van der Waals surface area (Å²) in [4.78, 5) is 24.0. The van der Waals surface area contributed by atoms with Gasteiger partial charge in [0.25, 0.3) is 5.91 Å². The molecule has 1 aliphatic carbocycles. The lowest BCUT2D eigenvalue weighted by molar-refractivity contribution is -0.141. The maximum absolute atomic E-state index is 12.3. The van der Waals surface area contributed by atoms with Crippen LogP contribution in [0.2, 0.25) is 0 Å². The quantitative estimate of drug-likeness (QED) is 0.426. The second-order valence-electron chi connectivity index (χ2n) is 8.12. The van der Waals surface area contributed by atoms with Crippen molar-refractivity contribution in [2.75, 3.05) is 20.5 Å². The van der Waals surface area contributed by atoms with Crippen LogP contribution in [0, 0.1) is 11.3 Å². The van der Waals surface area contributed by atoms with Gasteiger partial charge in [0.05, 0.1) is 25.5 Å². The predicted molar refractivity (Wildman–Crippen MR) is 131 cm³/mol. The van der Waals surface area contributed by atoms with Crippen molar-refractivity contribution in [3.8, 4) is 22.6 Å². The Labute approximate surface area is 198 Å². The van der Waals surface area contributed by atoms with Gasteiger partial charge in [-0.1, -0.05) is 30.7 Å². The molecule has 0 saturated heterocycles. The zero-order valence-electron chi connectivity index (χ0n) is 19.1. The molecule has 1 aliphatic rings. The molecule has 1 saturated carbocycles. The molecule has 1 amide bonds. The monoisotopic (exact) mass is 470 g/mol. The van der Waals surface area contributed by atoms with Gasteiger partial charge < -0.3 is 19.9 Å². The maximum Gasteiger partial charge on any atom is 0.326 e. The summed E-state index contributed by atoms with van der Waals surface area (Å²) in [6, 6.07) is 10.3. The lowest BCUT2D eigenvalue weighted by atomic mass is 9.81. The highest BCUT2D eigenvalue weighted by molar-refractivity contribution is 7.97.